The number of halogens is 1. The maximum absolute atomic E-state index is 15.5. The van der Waals surface area contributed by atoms with Crippen LogP contribution in [0, 0.1) is 12.7 Å². The molecule has 0 saturated heterocycles. The number of para-hydroxylation sites is 1. The Labute approximate surface area is 226 Å². The molecule has 12 nitrogen and oxygen atoms in total. The Morgan fingerprint density at radius 2 is 1.80 bits per heavy atom. The van der Waals surface area contributed by atoms with Gasteiger partial charge in [-0.3, -0.25) is 4.98 Å². The van der Waals surface area contributed by atoms with Crippen LogP contribution in [0.3, 0.4) is 0 Å². The van der Waals surface area contributed by atoms with Gasteiger partial charge in [0.1, 0.15) is 11.9 Å². The van der Waals surface area contributed by atoms with Crippen molar-refractivity contribution >= 4 is 11.7 Å². The van der Waals surface area contributed by atoms with Gasteiger partial charge in [-0.15, -0.1) is 5.10 Å². The molecule has 13 heteroatoms. The molecule has 1 atom stereocenters. The van der Waals surface area contributed by atoms with Crippen molar-refractivity contribution in [1.29, 1.82) is 0 Å². The van der Waals surface area contributed by atoms with Gasteiger partial charge in [-0.25, -0.2) is 14.0 Å². The summed E-state index contributed by atoms with van der Waals surface area (Å²) in [4.78, 5) is 31.6. The first-order chi connectivity index (χ1) is 19.3. The van der Waals surface area contributed by atoms with Crippen LogP contribution in [0.25, 0.3) is 17.1 Å². The second-order valence-corrected chi connectivity index (χ2v) is 8.57. The summed E-state index contributed by atoms with van der Waals surface area (Å²) in [5, 5.41) is 21.1. The quantitative estimate of drug-likeness (QED) is 0.247. The zero-order valence-corrected chi connectivity index (χ0v) is 21.5. The summed E-state index contributed by atoms with van der Waals surface area (Å²) in [6.07, 6.45) is 0. The fourth-order valence-corrected chi connectivity index (χ4v) is 4.16. The number of ether oxygens (including phenoxy) is 2. The standard InChI is InChI=1S/C27H23FN6O6/c1-14-29-24(33-40-14)15-8-10-16(11-9-15)30-23(18-12-21(38-2)22(39-3)13-19(18)28)25-31-27(37)34(32-25)20-7-5-4-6-17(20)26(35)36/h4-13,23,30H,1-3H3,(H,35,36)(H,31,32,37). The lowest BCUT2D eigenvalue weighted by Gasteiger charge is -2.20. The molecule has 5 rings (SSSR count). The molecular formula is C27H23FN6O6. The summed E-state index contributed by atoms with van der Waals surface area (Å²) in [5.41, 5.74) is 0.538. The van der Waals surface area contributed by atoms with Crippen LogP contribution in [0.15, 0.2) is 70.0 Å². The molecule has 3 N–H and O–H groups in total. The molecule has 3 aromatic carbocycles. The highest BCUT2D eigenvalue weighted by Crippen LogP contribution is 2.35. The molecule has 0 fully saturated rings. The highest BCUT2D eigenvalue weighted by atomic mass is 19.1. The van der Waals surface area contributed by atoms with Crippen LogP contribution in [0.2, 0.25) is 0 Å². The highest BCUT2D eigenvalue weighted by molar-refractivity contribution is 5.91. The Hall–Kier alpha value is -5.46. The average Bonchev–Trinajstić information content (AvgIpc) is 3.57. The number of nitrogens with zero attached hydrogens (tertiary/aromatic N) is 4. The van der Waals surface area contributed by atoms with Gasteiger partial charge in [0.05, 0.1) is 25.5 Å². The first-order valence-electron chi connectivity index (χ1n) is 11.9. The van der Waals surface area contributed by atoms with Crippen LogP contribution in [0.1, 0.15) is 33.7 Å². The fraction of sp³-hybridized carbons (Fsp3) is 0.148. The van der Waals surface area contributed by atoms with E-state index >= 15 is 4.39 Å². The van der Waals surface area contributed by atoms with Gasteiger partial charge in [-0.2, -0.15) is 9.67 Å². The molecule has 5 aromatic rings. The van der Waals surface area contributed by atoms with Crippen LogP contribution >= 0.6 is 0 Å². The Balaban J connectivity index is 1.60. The number of hydrogen-bond acceptors (Lipinski definition) is 9. The number of aryl methyl sites for hydroxylation is 1. The number of carbonyl (C=O) groups is 1. The van der Waals surface area contributed by atoms with E-state index < -0.39 is 23.5 Å². The Bertz CT molecular complexity index is 1740. The molecule has 0 aliphatic rings. The SMILES string of the molecule is COc1cc(F)c(C(Nc2ccc(-c3noc(C)n3)cc2)c2nn(-c3ccccc3C(=O)O)c(=O)[nH]2)cc1OC. The van der Waals surface area contributed by atoms with Crippen molar-refractivity contribution < 1.29 is 28.3 Å². The van der Waals surface area contributed by atoms with Gasteiger partial charge in [-0.05, 0) is 42.5 Å². The van der Waals surface area contributed by atoms with Crippen molar-refractivity contribution in [1.82, 2.24) is 24.9 Å². The van der Waals surface area contributed by atoms with Crippen LogP contribution in [0.5, 0.6) is 11.5 Å². The zero-order chi connectivity index (χ0) is 28.4. The van der Waals surface area contributed by atoms with Crippen molar-refractivity contribution in [3.63, 3.8) is 0 Å². The van der Waals surface area contributed by atoms with Crippen molar-refractivity contribution in [3.05, 3.63) is 99.8 Å². The third-order valence-electron chi connectivity index (χ3n) is 6.07. The van der Waals surface area contributed by atoms with E-state index in [0.717, 1.165) is 4.68 Å². The van der Waals surface area contributed by atoms with Crippen molar-refractivity contribution in [2.75, 3.05) is 19.5 Å². The molecule has 0 aliphatic carbocycles. The number of rotatable bonds is 9. The Morgan fingerprint density at radius 3 is 2.45 bits per heavy atom. The molecule has 1 unspecified atom stereocenters. The largest absolute Gasteiger partial charge is 0.493 e. The minimum absolute atomic E-state index is 0.0224. The number of benzene rings is 3. The zero-order valence-electron chi connectivity index (χ0n) is 21.5. The highest BCUT2D eigenvalue weighted by Gasteiger charge is 2.26. The van der Waals surface area contributed by atoms with Crippen LogP contribution in [0.4, 0.5) is 10.1 Å². The molecule has 40 heavy (non-hydrogen) atoms. The van der Waals surface area contributed by atoms with Crippen LogP contribution in [-0.4, -0.2) is 50.2 Å². The Kier molecular flexibility index (Phi) is 7.01. The van der Waals surface area contributed by atoms with Crippen molar-refractivity contribution in [2.45, 2.75) is 13.0 Å². The van der Waals surface area contributed by atoms with Gasteiger partial charge >= 0.3 is 11.7 Å². The number of aromatic nitrogens is 5. The van der Waals surface area contributed by atoms with Gasteiger partial charge in [0.15, 0.2) is 17.3 Å². The van der Waals surface area contributed by atoms with E-state index in [2.05, 4.69) is 25.5 Å². The minimum Gasteiger partial charge on any atom is -0.493 e. The summed E-state index contributed by atoms with van der Waals surface area (Å²) in [7, 11) is 2.80. The first-order valence-corrected chi connectivity index (χ1v) is 11.9. The average molecular weight is 547 g/mol. The summed E-state index contributed by atoms with van der Waals surface area (Å²) >= 11 is 0. The molecule has 204 valence electrons. The minimum atomic E-state index is -1.23. The monoisotopic (exact) mass is 546 g/mol. The molecule has 0 amide bonds. The number of hydrogen-bond donors (Lipinski definition) is 3. The number of aromatic amines is 1. The van der Waals surface area contributed by atoms with E-state index in [9.17, 15) is 14.7 Å². The van der Waals surface area contributed by atoms with Gasteiger partial charge in [0, 0.05) is 29.8 Å². The predicted octanol–water partition coefficient (Wildman–Crippen LogP) is 3.98. The lowest BCUT2D eigenvalue weighted by atomic mass is 10.0. The summed E-state index contributed by atoms with van der Waals surface area (Å²) in [6.45, 7) is 1.68. The predicted molar refractivity (Wildman–Crippen MR) is 141 cm³/mol. The molecule has 0 spiro atoms. The second-order valence-electron chi connectivity index (χ2n) is 8.57. The summed E-state index contributed by atoms with van der Waals surface area (Å²) < 4.78 is 32.0. The molecule has 0 saturated carbocycles. The van der Waals surface area contributed by atoms with E-state index in [-0.39, 0.29) is 34.1 Å². The number of methoxy groups -OCH3 is 2. The Morgan fingerprint density at radius 1 is 1.10 bits per heavy atom. The van der Waals surface area contributed by atoms with Gasteiger partial charge in [0.2, 0.25) is 11.7 Å². The molecule has 0 radical (unpaired) electrons. The van der Waals surface area contributed by atoms with Gasteiger partial charge < -0.3 is 24.4 Å². The normalized spacial score (nSPS) is 11.7. The molecule has 2 aromatic heterocycles. The topological polar surface area (TPSA) is 157 Å². The van der Waals surface area contributed by atoms with E-state index in [0.29, 0.717) is 23.0 Å². The second kappa shape index (κ2) is 10.7. The van der Waals surface area contributed by atoms with E-state index in [1.807, 2.05) is 0 Å². The molecule has 0 bridgehead atoms. The molecule has 0 aliphatic heterocycles. The third-order valence-corrected chi connectivity index (χ3v) is 6.07. The maximum Gasteiger partial charge on any atom is 0.348 e. The molecular weight excluding hydrogens is 523 g/mol. The van der Waals surface area contributed by atoms with Gasteiger partial charge in [0.25, 0.3) is 0 Å². The third kappa shape index (κ3) is 4.99. The van der Waals surface area contributed by atoms with E-state index in [1.165, 1.54) is 44.6 Å². The van der Waals surface area contributed by atoms with Crippen LogP contribution in [-0.2, 0) is 0 Å². The number of anilines is 1. The lowest BCUT2D eigenvalue weighted by Crippen LogP contribution is -2.18. The van der Waals surface area contributed by atoms with Gasteiger partial charge in [-0.1, -0.05) is 17.3 Å². The lowest BCUT2D eigenvalue weighted by molar-refractivity contribution is 0.0696. The molecule has 2 heterocycles. The maximum atomic E-state index is 15.5. The summed E-state index contributed by atoms with van der Waals surface area (Å²) in [6, 6.07) is 14.4. The number of nitrogens with one attached hydrogen (secondary N) is 2. The van der Waals surface area contributed by atoms with Crippen LogP contribution < -0.4 is 20.5 Å². The smallest absolute Gasteiger partial charge is 0.348 e. The number of aromatic carboxylic acids is 1. The number of H-pyrrole nitrogens is 1. The first kappa shape index (κ1) is 26.2. The van der Waals surface area contributed by atoms with E-state index in [4.69, 9.17) is 14.0 Å². The summed E-state index contributed by atoms with van der Waals surface area (Å²) in [5.74, 6) is -0.603. The van der Waals surface area contributed by atoms with E-state index in [1.54, 1.807) is 37.3 Å². The number of carboxylic acid groups (broad SMARTS) is 1. The van der Waals surface area contributed by atoms with Crippen molar-refractivity contribution in [2.24, 2.45) is 0 Å². The van der Waals surface area contributed by atoms with Crippen molar-refractivity contribution in [3.8, 4) is 28.6 Å². The number of carboxylic acids is 1. The fourth-order valence-electron chi connectivity index (χ4n) is 4.16.